The Kier molecular flexibility index (Phi) is 6.08. The highest BCUT2D eigenvalue weighted by Gasteiger charge is 2.25. The van der Waals surface area contributed by atoms with Crippen molar-refractivity contribution in [2.24, 2.45) is 5.92 Å². The molecule has 0 saturated heterocycles. The van der Waals surface area contributed by atoms with Gasteiger partial charge in [0.1, 0.15) is 0 Å². The second kappa shape index (κ2) is 8.90. The topological polar surface area (TPSA) is 91.0 Å². The van der Waals surface area contributed by atoms with Gasteiger partial charge >= 0.3 is 11.7 Å². The maximum atomic E-state index is 13.0. The predicted octanol–water partition coefficient (Wildman–Crippen LogP) is 1.80. The van der Waals surface area contributed by atoms with E-state index in [0.717, 1.165) is 69.4 Å². The van der Waals surface area contributed by atoms with E-state index < -0.39 is 0 Å². The lowest BCUT2D eigenvalue weighted by Crippen LogP contribution is -2.29. The van der Waals surface area contributed by atoms with Gasteiger partial charge in [-0.05, 0) is 38.0 Å². The Labute approximate surface area is 170 Å². The smallest absolute Gasteiger partial charge is 0.334 e. The fourth-order valence-electron chi connectivity index (χ4n) is 4.48. The summed E-state index contributed by atoms with van der Waals surface area (Å²) in [4.78, 5) is 33.7. The Hall–Kier alpha value is -2.48. The largest absolute Gasteiger partial charge is 0.469 e. The highest BCUT2D eigenvalue weighted by molar-refractivity contribution is 5.69. The third-order valence-corrected chi connectivity index (χ3v) is 6.24. The molecule has 1 aliphatic carbocycles. The molecule has 0 amide bonds. The lowest BCUT2D eigenvalue weighted by Gasteiger charge is -2.28. The maximum absolute atomic E-state index is 13.0. The molecule has 1 aliphatic heterocycles. The Morgan fingerprint density at radius 3 is 2.69 bits per heavy atom. The molecule has 2 aromatic heterocycles. The van der Waals surface area contributed by atoms with Crippen molar-refractivity contribution >= 4 is 5.97 Å². The van der Waals surface area contributed by atoms with Gasteiger partial charge in [0.25, 0.3) is 0 Å². The van der Waals surface area contributed by atoms with E-state index in [0.29, 0.717) is 18.2 Å². The average Bonchev–Trinajstić information content (AvgIpc) is 2.98. The molecule has 0 atom stereocenters. The normalized spacial score (nSPS) is 22.0. The molecule has 2 aliphatic rings. The quantitative estimate of drug-likeness (QED) is 0.771. The third-order valence-electron chi connectivity index (χ3n) is 6.24. The molecule has 0 unspecified atom stereocenters. The molecule has 8 nitrogen and oxygen atoms in total. The molecule has 0 radical (unpaired) electrons. The third kappa shape index (κ3) is 4.42. The number of methoxy groups -OCH3 is 1. The molecular formula is C21H29N5O3. The summed E-state index contributed by atoms with van der Waals surface area (Å²) < 4.78 is 8.18. The molecule has 1 N–H and O–H groups in total. The number of aromatic nitrogens is 4. The van der Waals surface area contributed by atoms with E-state index >= 15 is 0 Å². The van der Waals surface area contributed by atoms with Gasteiger partial charge < -0.3 is 10.1 Å². The molecule has 156 valence electrons. The number of imidazole rings is 1. The fourth-order valence-corrected chi connectivity index (χ4v) is 4.48. The Morgan fingerprint density at radius 1 is 1.17 bits per heavy atom. The molecule has 0 spiro atoms. The van der Waals surface area contributed by atoms with Crippen molar-refractivity contribution in [3.05, 3.63) is 40.5 Å². The van der Waals surface area contributed by atoms with Crippen LogP contribution in [0, 0.1) is 5.92 Å². The van der Waals surface area contributed by atoms with Crippen molar-refractivity contribution < 1.29 is 9.53 Å². The predicted molar refractivity (Wildman–Crippen MR) is 108 cm³/mol. The van der Waals surface area contributed by atoms with Gasteiger partial charge in [-0.3, -0.25) is 18.9 Å². The molecule has 1 saturated carbocycles. The zero-order valence-electron chi connectivity index (χ0n) is 17.0. The second-order valence-corrected chi connectivity index (χ2v) is 8.02. The van der Waals surface area contributed by atoms with E-state index in [4.69, 9.17) is 9.72 Å². The van der Waals surface area contributed by atoms with Gasteiger partial charge in [-0.1, -0.05) is 0 Å². The van der Waals surface area contributed by atoms with Crippen LogP contribution in [0.2, 0.25) is 0 Å². The molecule has 0 bridgehead atoms. The van der Waals surface area contributed by atoms with Crippen LogP contribution < -0.4 is 11.0 Å². The van der Waals surface area contributed by atoms with Gasteiger partial charge in [-0.2, -0.15) is 0 Å². The zero-order valence-corrected chi connectivity index (χ0v) is 17.0. The molecule has 2 aromatic rings. The van der Waals surface area contributed by atoms with E-state index in [2.05, 4.69) is 10.3 Å². The van der Waals surface area contributed by atoms with Crippen LogP contribution in [-0.2, 0) is 22.4 Å². The van der Waals surface area contributed by atoms with Crippen molar-refractivity contribution in [1.29, 1.82) is 0 Å². The summed E-state index contributed by atoms with van der Waals surface area (Å²) in [5, 5.41) is 3.36. The Morgan fingerprint density at radius 2 is 1.93 bits per heavy atom. The number of nitrogens with zero attached hydrogens (tertiary/aromatic N) is 4. The van der Waals surface area contributed by atoms with Crippen LogP contribution in [0.25, 0.3) is 5.82 Å². The SMILES string of the molecule is COC(=O)CCC1CCC(n2ccn(-c3cnc4c(n3)CCNCC4)c2=O)CC1. The number of nitrogens with one attached hydrogen (secondary N) is 1. The molecule has 0 aromatic carbocycles. The minimum Gasteiger partial charge on any atom is -0.469 e. The zero-order chi connectivity index (χ0) is 20.2. The first-order chi connectivity index (χ1) is 14.2. The molecule has 1 fully saturated rings. The first-order valence-electron chi connectivity index (χ1n) is 10.6. The monoisotopic (exact) mass is 399 g/mol. The van der Waals surface area contributed by atoms with Gasteiger partial charge in [0.05, 0.1) is 24.7 Å². The lowest BCUT2D eigenvalue weighted by atomic mass is 9.83. The summed E-state index contributed by atoms with van der Waals surface area (Å²) in [6.45, 7) is 1.81. The van der Waals surface area contributed by atoms with Crippen molar-refractivity contribution in [2.45, 2.75) is 57.4 Å². The summed E-state index contributed by atoms with van der Waals surface area (Å²) >= 11 is 0. The molecular weight excluding hydrogens is 370 g/mol. The van der Waals surface area contributed by atoms with Crippen LogP contribution in [-0.4, -0.2) is 45.3 Å². The number of rotatable bonds is 5. The molecule has 4 rings (SSSR count). The number of carbonyl (C=O) groups excluding carboxylic acids is 1. The molecule has 8 heteroatoms. The van der Waals surface area contributed by atoms with Crippen molar-refractivity contribution in [2.75, 3.05) is 20.2 Å². The van der Waals surface area contributed by atoms with E-state index in [1.54, 1.807) is 17.0 Å². The summed E-state index contributed by atoms with van der Waals surface area (Å²) in [6.07, 6.45) is 12.4. The first-order valence-corrected chi connectivity index (χ1v) is 10.6. The van der Waals surface area contributed by atoms with Crippen molar-refractivity contribution in [1.82, 2.24) is 24.4 Å². The van der Waals surface area contributed by atoms with E-state index in [9.17, 15) is 9.59 Å². The number of hydrogen-bond acceptors (Lipinski definition) is 6. The second-order valence-electron chi connectivity index (χ2n) is 8.02. The number of esters is 1. The summed E-state index contributed by atoms with van der Waals surface area (Å²) in [7, 11) is 1.43. The van der Waals surface area contributed by atoms with Crippen molar-refractivity contribution in [3.8, 4) is 5.82 Å². The number of carbonyl (C=O) groups is 1. The van der Waals surface area contributed by atoms with E-state index in [1.807, 2.05) is 10.8 Å². The van der Waals surface area contributed by atoms with Crippen LogP contribution in [0.4, 0.5) is 0 Å². The lowest BCUT2D eigenvalue weighted by molar-refractivity contribution is -0.141. The van der Waals surface area contributed by atoms with Crippen LogP contribution in [0.15, 0.2) is 23.4 Å². The van der Waals surface area contributed by atoms with Gasteiger partial charge in [-0.25, -0.2) is 9.78 Å². The number of fused-ring (bicyclic) bond motifs is 1. The molecule has 3 heterocycles. The summed E-state index contributed by atoms with van der Waals surface area (Å²) in [5.41, 5.74) is 1.96. The van der Waals surface area contributed by atoms with Crippen LogP contribution in [0.3, 0.4) is 0 Å². The fraction of sp³-hybridized carbons (Fsp3) is 0.619. The van der Waals surface area contributed by atoms with E-state index in [-0.39, 0.29) is 17.7 Å². The van der Waals surface area contributed by atoms with E-state index in [1.165, 1.54) is 7.11 Å². The molecule has 29 heavy (non-hydrogen) atoms. The average molecular weight is 399 g/mol. The van der Waals surface area contributed by atoms with Gasteiger partial charge in [0, 0.05) is 50.8 Å². The minimum atomic E-state index is -0.141. The highest BCUT2D eigenvalue weighted by atomic mass is 16.5. The standard InChI is InChI=1S/C21H29N5O3/c1-29-20(27)7-4-15-2-5-16(6-3-15)25-12-13-26(21(25)28)19-14-23-17-8-10-22-11-9-18(17)24-19/h12-16,22H,2-11H2,1H3. The summed E-state index contributed by atoms with van der Waals surface area (Å²) in [5.74, 6) is 0.992. The van der Waals surface area contributed by atoms with Crippen LogP contribution in [0.1, 0.15) is 56.0 Å². The number of ether oxygens (including phenoxy) is 1. The van der Waals surface area contributed by atoms with Crippen LogP contribution in [0.5, 0.6) is 0 Å². The van der Waals surface area contributed by atoms with Crippen LogP contribution >= 0.6 is 0 Å². The minimum absolute atomic E-state index is 0.0518. The first kappa shape index (κ1) is 19.8. The van der Waals surface area contributed by atoms with Gasteiger partial charge in [0.2, 0.25) is 0 Å². The Bertz CT molecular complexity index is 911. The van der Waals surface area contributed by atoms with Gasteiger partial charge in [0.15, 0.2) is 5.82 Å². The summed E-state index contributed by atoms with van der Waals surface area (Å²) in [6, 6.07) is 0.205. The Balaban J connectivity index is 1.44. The number of hydrogen-bond donors (Lipinski definition) is 1. The van der Waals surface area contributed by atoms with Crippen molar-refractivity contribution in [3.63, 3.8) is 0 Å². The maximum Gasteiger partial charge on any atom is 0.334 e. The highest BCUT2D eigenvalue weighted by Crippen LogP contribution is 2.33. The van der Waals surface area contributed by atoms with Gasteiger partial charge in [-0.15, -0.1) is 0 Å².